The summed E-state index contributed by atoms with van der Waals surface area (Å²) in [6.07, 6.45) is 6.90. The van der Waals surface area contributed by atoms with Crippen LogP contribution in [0.1, 0.15) is 39.0 Å². The number of carbonyl (C=O) groups excluding carboxylic acids is 1. The molecular weight excluding hydrogens is 190 g/mol. The van der Waals surface area contributed by atoms with Gasteiger partial charge in [-0.1, -0.05) is 19.3 Å². The highest BCUT2D eigenvalue weighted by molar-refractivity contribution is 6.59. The van der Waals surface area contributed by atoms with Crippen LogP contribution in [0.5, 0.6) is 0 Å². The van der Waals surface area contributed by atoms with Crippen LogP contribution in [0.25, 0.3) is 0 Å². The summed E-state index contributed by atoms with van der Waals surface area (Å²) in [7, 11) is 0. The fraction of sp³-hybridized carbons (Fsp3) is 0.727. The van der Waals surface area contributed by atoms with E-state index in [-0.39, 0.29) is 11.8 Å². The molecule has 1 rings (SSSR count). The molecule has 0 heterocycles. The fourth-order valence-corrected chi connectivity index (χ4v) is 2.10. The molecule has 0 bridgehead atoms. The summed E-state index contributed by atoms with van der Waals surface area (Å²) in [6, 6.07) is 0.123. The maximum Gasteiger partial charge on any atom is 0.270 e. The number of hydrogen-bond acceptors (Lipinski definition) is 3. The number of carbonyl (C=O) groups is 1. The van der Waals surface area contributed by atoms with Gasteiger partial charge in [0, 0.05) is 12.3 Å². The molecule has 1 atom stereocenters. The fourth-order valence-electron chi connectivity index (χ4n) is 2.10. The van der Waals surface area contributed by atoms with Crippen LogP contribution in [0, 0.1) is 16.7 Å². The number of hydrogen-bond donors (Lipinski definition) is 3. The highest BCUT2D eigenvalue weighted by Gasteiger charge is 2.21. The molecule has 4 nitrogen and oxygen atoms in total. The quantitative estimate of drug-likeness (QED) is 0.606. The highest BCUT2D eigenvalue weighted by Crippen LogP contribution is 2.26. The Morgan fingerprint density at radius 2 is 2.00 bits per heavy atom. The van der Waals surface area contributed by atoms with Crippen molar-refractivity contribution in [1.29, 1.82) is 10.8 Å². The van der Waals surface area contributed by atoms with E-state index < -0.39 is 5.91 Å². The second-order valence-electron chi connectivity index (χ2n) is 4.22. The molecule has 1 aliphatic rings. The molecule has 0 radical (unpaired) electrons. The van der Waals surface area contributed by atoms with Gasteiger partial charge in [0.15, 0.2) is 0 Å². The molecular formula is C11H19N3O. The lowest BCUT2D eigenvalue weighted by atomic mass is 9.84. The monoisotopic (exact) mass is 209 g/mol. The lowest BCUT2D eigenvalue weighted by Gasteiger charge is -2.28. The van der Waals surface area contributed by atoms with Crippen molar-refractivity contribution in [3.63, 3.8) is 0 Å². The summed E-state index contributed by atoms with van der Waals surface area (Å²) in [5.41, 5.74) is -0.266. The van der Waals surface area contributed by atoms with Gasteiger partial charge in [-0.25, -0.2) is 0 Å². The maximum atomic E-state index is 11.3. The van der Waals surface area contributed by atoms with Crippen LogP contribution in [-0.4, -0.2) is 23.9 Å². The predicted octanol–water partition coefficient (Wildman–Crippen LogP) is 1.74. The van der Waals surface area contributed by atoms with Crippen molar-refractivity contribution in [1.82, 2.24) is 5.32 Å². The Balaban J connectivity index is 2.39. The van der Waals surface area contributed by atoms with E-state index in [0.29, 0.717) is 5.92 Å². The third kappa shape index (κ3) is 3.46. The molecule has 15 heavy (non-hydrogen) atoms. The first-order valence-corrected chi connectivity index (χ1v) is 5.55. The molecule has 0 aliphatic heterocycles. The van der Waals surface area contributed by atoms with Gasteiger partial charge in [0.05, 0.1) is 0 Å². The zero-order chi connectivity index (χ0) is 11.3. The lowest BCUT2D eigenvalue weighted by molar-refractivity contribution is -0.115. The van der Waals surface area contributed by atoms with E-state index in [1.807, 2.05) is 6.92 Å². The standard InChI is InChI=1S/C11H19N3O/c1-8(9-5-3-2-4-6-9)14-11(15)10(13)7-12/h7-9,12-13H,2-6H2,1H3,(H,14,15). The maximum absolute atomic E-state index is 11.3. The van der Waals surface area contributed by atoms with Gasteiger partial charge in [-0.15, -0.1) is 0 Å². The Labute approximate surface area is 90.5 Å². The van der Waals surface area contributed by atoms with Crippen molar-refractivity contribution in [2.45, 2.75) is 45.1 Å². The molecule has 4 heteroatoms. The molecule has 1 aliphatic carbocycles. The molecule has 0 aromatic heterocycles. The minimum atomic E-state index is -0.428. The average Bonchev–Trinajstić information content (AvgIpc) is 2.29. The van der Waals surface area contributed by atoms with Gasteiger partial charge in [0.2, 0.25) is 0 Å². The van der Waals surface area contributed by atoms with E-state index in [2.05, 4.69) is 5.32 Å². The SMILES string of the molecule is CC(NC(=O)C(=N)C=N)C1CCCCC1. The van der Waals surface area contributed by atoms with Gasteiger partial charge in [0.25, 0.3) is 5.91 Å². The number of amides is 1. The van der Waals surface area contributed by atoms with E-state index in [0.717, 1.165) is 6.21 Å². The molecule has 1 amide bonds. The summed E-state index contributed by atoms with van der Waals surface area (Å²) < 4.78 is 0. The predicted molar refractivity (Wildman–Crippen MR) is 60.7 cm³/mol. The molecule has 0 spiro atoms. The minimum absolute atomic E-state index is 0.123. The summed E-state index contributed by atoms with van der Waals surface area (Å²) in [5.74, 6) is 0.115. The molecule has 0 aromatic rings. The van der Waals surface area contributed by atoms with Crippen LogP contribution in [0.2, 0.25) is 0 Å². The van der Waals surface area contributed by atoms with Gasteiger partial charge in [-0.2, -0.15) is 0 Å². The zero-order valence-electron chi connectivity index (χ0n) is 9.18. The van der Waals surface area contributed by atoms with E-state index in [4.69, 9.17) is 10.8 Å². The third-order valence-corrected chi connectivity index (χ3v) is 3.10. The first-order chi connectivity index (χ1) is 7.15. The molecule has 1 unspecified atom stereocenters. The van der Waals surface area contributed by atoms with Crippen LogP contribution >= 0.6 is 0 Å². The Morgan fingerprint density at radius 1 is 1.40 bits per heavy atom. The van der Waals surface area contributed by atoms with E-state index in [9.17, 15) is 4.79 Å². The second-order valence-corrected chi connectivity index (χ2v) is 4.22. The van der Waals surface area contributed by atoms with Crippen LogP contribution < -0.4 is 5.32 Å². The first-order valence-electron chi connectivity index (χ1n) is 5.55. The normalized spacial score (nSPS) is 19.3. The van der Waals surface area contributed by atoms with Gasteiger partial charge < -0.3 is 10.7 Å². The molecule has 1 saturated carbocycles. The van der Waals surface area contributed by atoms with Gasteiger partial charge >= 0.3 is 0 Å². The van der Waals surface area contributed by atoms with Crippen LogP contribution in [0.3, 0.4) is 0 Å². The van der Waals surface area contributed by atoms with Crippen molar-refractivity contribution in [3.8, 4) is 0 Å². The summed E-state index contributed by atoms with van der Waals surface area (Å²) in [4.78, 5) is 11.3. The van der Waals surface area contributed by atoms with Crippen molar-refractivity contribution >= 4 is 17.8 Å². The third-order valence-electron chi connectivity index (χ3n) is 3.10. The summed E-state index contributed by atoms with van der Waals surface area (Å²) in [6.45, 7) is 1.99. The van der Waals surface area contributed by atoms with Crippen molar-refractivity contribution in [3.05, 3.63) is 0 Å². The molecule has 0 aromatic carbocycles. The van der Waals surface area contributed by atoms with E-state index in [1.54, 1.807) is 0 Å². The summed E-state index contributed by atoms with van der Waals surface area (Å²) in [5, 5.41) is 16.8. The molecule has 0 saturated heterocycles. The van der Waals surface area contributed by atoms with Crippen LogP contribution in [0.4, 0.5) is 0 Å². The second kappa shape index (κ2) is 5.63. The molecule has 3 N–H and O–H groups in total. The Kier molecular flexibility index (Phi) is 4.46. The smallest absolute Gasteiger partial charge is 0.270 e. The highest BCUT2D eigenvalue weighted by atomic mass is 16.1. The number of nitrogens with one attached hydrogen (secondary N) is 3. The van der Waals surface area contributed by atoms with Gasteiger partial charge in [0.1, 0.15) is 5.71 Å². The summed E-state index contributed by atoms with van der Waals surface area (Å²) >= 11 is 0. The van der Waals surface area contributed by atoms with E-state index >= 15 is 0 Å². The van der Waals surface area contributed by atoms with Crippen molar-refractivity contribution < 1.29 is 4.79 Å². The van der Waals surface area contributed by atoms with Crippen molar-refractivity contribution in [2.24, 2.45) is 5.92 Å². The van der Waals surface area contributed by atoms with Gasteiger partial charge in [-0.3, -0.25) is 10.2 Å². The Morgan fingerprint density at radius 3 is 2.53 bits per heavy atom. The van der Waals surface area contributed by atoms with E-state index in [1.165, 1.54) is 32.1 Å². The minimum Gasteiger partial charge on any atom is -0.348 e. The Hall–Kier alpha value is -1.19. The topological polar surface area (TPSA) is 76.8 Å². The zero-order valence-corrected chi connectivity index (χ0v) is 9.18. The lowest BCUT2D eigenvalue weighted by Crippen LogP contribution is -2.42. The largest absolute Gasteiger partial charge is 0.348 e. The Bertz CT molecular complexity index is 257. The molecule has 84 valence electrons. The van der Waals surface area contributed by atoms with Crippen LogP contribution in [0.15, 0.2) is 0 Å². The molecule has 1 fully saturated rings. The van der Waals surface area contributed by atoms with Gasteiger partial charge in [-0.05, 0) is 25.7 Å². The van der Waals surface area contributed by atoms with Crippen molar-refractivity contribution in [2.75, 3.05) is 0 Å². The average molecular weight is 209 g/mol. The first kappa shape index (κ1) is 11.9. The number of rotatable bonds is 4. The van der Waals surface area contributed by atoms with Crippen LogP contribution in [-0.2, 0) is 4.79 Å².